The van der Waals surface area contributed by atoms with Crippen LogP contribution < -0.4 is 15.9 Å². The molecule has 84 heavy (non-hydrogen) atoms. The summed E-state index contributed by atoms with van der Waals surface area (Å²) in [5.41, 5.74) is -2.34. The third-order valence-electron chi connectivity index (χ3n) is 19.3. The van der Waals surface area contributed by atoms with E-state index in [1.165, 1.54) is 41.1 Å². The molecule has 0 radical (unpaired) electrons. The number of cyclic esters (lactones) is 1. The van der Waals surface area contributed by atoms with Crippen molar-refractivity contribution < 1.29 is 58.8 Å². The Hall–Kier alpha value is -4.15. The molecule has 0 aromatic heterocycles. The summed E-state index contributed by atoms with van der Waals surface area (Å²) in [5.74, 6) is -3.72. The van der Waals surface area contributed by atoms with Crippen molar-refractivity contribution in [1.29, 1.82) is 0 Å². The molecule has 1 amide bonds. The Bertz CT molecular complexity index is 2640. The molecule has 3 aliphatic heterocycles. The summed E-state index contributed by atoms with van der Waals surface area (Å²) in [5, 5.41) is 65.4. The lowest BCUT2D eigenvalue weighted by molar-refractivity contribution is -0.302. The van der Waals surface area contributed by atoms with Gasteiger partial charge in [-0.05, 0) is 142 Å². The van der Waals surface area contributed by atoms with Crippen LogP contribution in [0.15, 0.2) is 115 Å². The van der Waals surface area contributed by atoms with Crippen LogP contribution in [0, 0.1) is 23.7 Å². The number of nitrogens with zero attached hydrogens (tertiary/aromatic N) is 2. The van der Waals surface area contributed by atoms with E-state index < -0.39 is 109 Å². The highest BCUT2D eigenvalue weighted by Crippen LogP contribution is 2.58. The fourth-order valence-corrected chi connectivity index (χ4v) is 19.2. The molecule has 14 nitrogen and oxygen atoms in total. The van der Waals surface area contributed by atoms with Crippen molar-refractivity contribution in [3.63, 3.8) is 0 Å². The zero-order valence-corrected chi connectivity index (χ0v) is 53.4. The summed E-state index contributed by atoms with van der Waals surface area (Å²) in [7, 11) is 3.15. The number of aliphatic hydroxyl groups excluding tert-OH is 3. The van der Waals surface area contributed by atoms with Gasteiger partial charge < -0.3 is 59.0 Å². The zero-order chi connectivity index (χ0) is 61.3. The smallest absolute Gasteiger partial charge is 0.309 e. The molecule has 0 saturated carbocycles. The average Bonchev–Trinajstić information content (AvgIpc) is 1.43. The minimum absolute atomic E-state index is 0.0892. The van der Waals surface area contributed by atoms with Gasteiger partial charge in [0.25, 0.3) is 0 Å². The highest BCUT2D eigenvalue weighted by atomic mass is 31.2. The lowest BCUT2D eigenvalue weighted by Gasteiger charge is -2.51. The number of carbonyl (C=O) groups excluding carboxylic acids is 2. The van der Waals surface area contributed by atoms with E-state index in [9.17, 15) is 35.1 Å². The Morgan fingerprint density at radius 3 is 1.92 bits per heavy atom. The molecular formula is C69H102N2O12P+. The Kier molecular flexibility index (Phi) is 23.4. The Morgan fingerprint density at radius 2 is 1.32 bits per heavy atom. The number of aliphatic hydroxyl groups is 5. The van der Waals surface area contributed by atoms with E-state index in [2.05, 4.69) is 115 Å². The topological polar surface area (TPSA) is 188 Å². The number of unbranched alkanes of at least 4 members (excludes halogenated alkanes) is 4. The van der Waals surface area contributed by atoms with Gasteiger partial charge in [0, 0.05) is 44.0 Å². The zero-order valence-electron chi connectivity index (χ0n) is 52.6. The second kappa shape index (κ2) is 29.2. The van der Waals surface area contributed by atoms with Crippen molar-refractivity contribution in [2.24, 2.45) is 23.7 Å². The second-order valence-electron chi connectivity index (χ2n) is 26.0. The predicted molar refractivity (Wildman–Crippen MR) is 335 cm³/mol. The van der Waals surface area contributed by atoms with Gasteiger partial charge >= 0.3 is 5.97 Å². The molecule has 0 aliphatic carbocycles. The molecule has 3 saturated heterocycles. The Morgan fingerprint density at radius 1 is 0.750 bits per heavy atom. The van der Waals surface area contributed by atoms with Gasteiger partial charge in [-0.15, -0.1) is 0 Å². The molecule has 3 heterocycles. The van der Waals surface area contributed by atoms with Crippen LogP contribution in [0.5, 0.6) is 0 Å². The van der Waals surface area contributed by atoms with Crippen molar-refractivity contribution >= 4 is 35.1 Å². The molecule has 0 bridgehead atoms. The lowest BCUT2D eigenvalue weighted by atomic mass is 9.68. The lowest BCUT2D eigenvalue weighted by Crippen LogP contribution is -2.61. The predicted octanol–water partition coefficient (Wildman–Crippen LogP) is 9.07. The molecule has 3 aliphatic rings. The number of hydrogen-bond donors (Lipinski definition) is 5. The molecule has 3 fully saturated rings. The normalized spacial score (nSPS) is 35.0. The first-order valence-electron chi connectivity index (χ1n) is 31.1. The summed E-state index contributed by atoms with van der Waals surface area (Å²) in [6.07, 6.45) is -2.49. The monoisotopic (exact) mass is 1180 g/mol. The number of rotatable bonds is 18. The highest BCUT2D eigenvalue weighted by Gasteiger charge is 2.56. The average molecular weight is 1180 g/mol. The molecule has 4 aromatic carbocycles. The van der Waals surface area contributed by atoms with Crippen molar-refractivity contribution in [3.05, 3.63) is 115 Å². The highest BCUT2D eigenvalue weighted by molar-refractivity contribution is 7.95. The molecule has 18 atom stereocenters. The van der Waals surface area contributed by atoms with E-state index >= 15 is 0 Å². The first-order chi connectivity index (χ1) is 39.8. The van der Waals surface area contributed by atoms with Gasteiger partial charge in [-0.3, -0.25) is 9.59 Å². The third kappa shape index (κ3) is 15.0. The summed E-state index contributed by atoms with van der Waals surface area (Å²) in [4.78, 5) is 33.4. The van der Waals surface area contributed by atoms with Gasteiger partial charge in [0.2, 0.25) is 5.91 Å². The van der Waals surface area contributed by atoms with Gasteiger partial charge in [-0.25, -0.2) is 0 Å². The molecule has 7 rings (SSSR count). The van der Waals surface area contributed by atoms with Crippen LogP contribution in [-0.2, 0) is 33.3 Å². The SMILES string of the molecule is CC[C@H]1OC(=O)[C@H](C)[C@@H](C2C[C@@](C)(OC)[C@@H](O)[C@H](C)O2)[C@H](C)[C@@H](O[C@@H]2O[C@H](C)C[C@H](N(C)C)[C@H]2O)[C@](C)(O)C[C@@H](C)CN(C(=O)CCCCCCC[P+](c2ccccc2)(c2ccccc2)c2ccccc2-c2ccccc2)[C@H](C)[C@@H](O)[C@]1(C)O. The molecule has 0 spiro atoms. The number of esters is 1. The number of ether oxygens (including phenoxy) is 5. The van der Waals surface area contributed by atoms with E-state index in [-0.39, 0.29) is 50.3 Å². The van der Waals surface area contributed by atoms with Crippen LogP contribution in [0.2, 0.25) is 0 Å². The van der Waals surface area contributed by atoms with Crippen LogP contribution in [-0.4, -0.2) is 165 Å². The van der Waals surface area contributed by atoms with Gasteiger partial charge in [0.1, 0.15) is 53.2 Å². The van der Waals surface area contributed by atoms with Crippen molar-refractivity contribution in [3.8, 4) is 11.1 Å². The van der Waals surface area contributed by atoms with E-state index in [1.807, 2.05) is 46.7 Å². The largest absolute Gasteiger partial charge is 0.459 e. The van der Waals surface area contributed by atoms with Crippen LogP contribution in [0.3, 0.4) is 0 Å². The van der Waals surface area contributed by atoms with Crippen molar-refractivity contribution in [2.45, 2.75) is 217 Å². The quantitative estimate of drug-likeness (QED) is 0.0361. The van der Waals surface area contributed by atoms with Gasteiger partial charge in [-0.1, -0.05) is 125 Å². The number of methoxy groups -OCH3 is 1. The molecule has 15 heteroatoms. The number of amides is 1. The first kappa shape index (κ1) is 67.4. The van der Waals surface area contributed by atoms with E-state index in [0.29, 0.717) is 12.8 Å². The minimum atomic E-state index is -2.17. The van der Waals surface area contributed by atoms with Gasteiger partial charge in [0.15, 0.2) is 6.29 Å². The van der Waals surface area contributed by atoms with E-state index in [4.69, 9.17) is 23.7 Å². The van der Waals surface area contributed by atoms with Crippen molar-refractivity contribution in [1.82, 2.24) is 9.80 Å². The Balaban J connectivity index is 1.15. The molecule has 1 unspecified atom stereocenters. The second-order valence-corrected chi connectivity index (χ2v) is 29.5. The van der Waals surface area contributed by atoms with Crippen LogP contribution in [0.25, 0.3) is 11.1 Å². The molecule has 4 aromatic rings. The summed E-state index contributed by atoms with van der Waals surface area (Å²) >= 11 is 0. The molecular weight excluding hydrogens is 1080 g/mol. The maximum absolute atomic E-state index is 14.9. The standard InChI is InChI=1S/C69H102N2O12P/c1-14-58-69(10,78)62(74)49(6)71(59(72)39-27-16-15-17-30-40-84(52-33-23-19-24-34-52,53-35-25-20-26-36-53)57-38-29-28-37-54(57)51-31-21-18-22-32-51)44-45(2)42-67(8,77)64(83-66-61(73)55(70(11)12)41-46(3)80-66)47(4)60(48(5)65(76)82-58)56-43-68(9,79-13)63(75)50(7)81-56/h18-26,28-29,31-38,45-50,55-56,58,60-64,66,73-75,77-78H,14-17,27,30,39-44H2,1-13H3/q+1/t45-,46-,47+,48-,49-,50+,55+,56?,58-,60+,61-,62-,63+,64-,66+,67-,68-,69-/m1/s1. The minimum Gasteiger partial charge on any atom is -0.459 e. The maximum atomic E-state index is 14.9. The van der Waals surface area contributed by atoms with Gasteiger partial charge in [-0.2, -0.15) is 0 Å². The molecule has 5 N–H and O–H groups in total. The van der Waals surface area contributed by atoms with Crippen molar-refractivity contribution in [2.75, 3.05) is 33.9 Å². The van der Waals surface area contributed by atoms with Crippen LogP contribution in [0.4, 0.5) is 0 Å². The van der Waals surface area contributed by atoms with Crippen LogP contribution >= 0.6 is 7.26 Å². The van der Waals surface area contributed by atoms with Gasteiger partial charge in [0.05, 0.1) is 53.7 Å². The Labute approximate surface area is 502 Å². The summed E-state index contributed by atoms with van der Waals surface area (Å²) in [6, 6.07) is 40.3. The molecule has 464 valence electrons. The number of carbonyl (C=O) groups is 2. The number of likely N-dealkylation sites (N-methyl/N-ethyl adjacent to an activating group) is 1. The number of benzene rings is 4. The fraction of sp³-hybridized carbons (Fsp3) is 0.623. The number of hydrogen-bond acceptors (Lipinski definition) is 13. The fourth-order valence-electron chi connectivity index (χ4n) is 14.5. The first-order valence-corrected chi connectivity index (χ1v) is 33.1. The van der Waals surface area contributed by atoms with E-state index in [1.54, 1.807) is 39.5 Å². The summed E-state index contributed by atoms with van der Waals surface area (Å²) < 4.78 is 32.3. The summed E-state index contributed by atoms with van der Waals surface area (Å²) in [6.45, 7) is 17.8. The maximum Gasteiger partial charge on any atom is 0.309 e. The van der Waals surface area contributed by atoms with Crippen LogP contribution in [0.1, 0.15) is 133 Å². The van der Waals surface area contributed by atoms with E-state index in [0.717, 1.165) is 31.8 Å². The third-order valence-corrected chi connectivity index (χ3v) is 23.8.